The molecular formula is C21H22N4O2. The molecule has 0 atom stereocenters. The highest BCUT2D eigenvalue weighted by atomic mass is 16.5. The Hall–Kier alpha value is -3.41. The largest absolute Gasteiger partial charge is 0.495 e. The third-order valence-electron chi connectivity index (χ3n) is 4.07. The fourth-order valence-corrected chi connectivity index (χ4v) is 2.77. The number of hydrogen-bond acceptors (Lipinski definition) is 5. The van der Waals surface area contributed by atoms with Crippen molar-refractivity contribution in [2.45, 2.75) is 20.8 Å². The molecule has 1 amide bonds. The summed E-state index contributed by atoms with van der Waals surface area (Å²) < 4.78 is 5.34. The number of rotatable bonds is 5. The molecule has 0 aliphatic carbocycles. The molecule has 138 valence electrons. The maximum Gasteiger partial charge on any atom is 0.274 e. The Morgan fingerprint density at radius 2 is 1.74 bits per heavy atom. The minimum absolute atomic E-state index is 0.282. The maximum atomic E-state index is 12.7. The molecule has 3 aromatic rings. The number of amides is 1. The summed E-state index contributed by atoms with van der Waals surface area (Å²) in [5.41, 5.74) is 3.97. The van der Waals surface area contributed by atoms with E-state index in [4.69, 9.17) is 4.74 Å². The van der Waals surface area contributed by atoms with Crippen LogP contribution in [-0.4, -0.2) is 23.0 Å². The Balaban J connectivity index is 1.85. The van der Waals surface area contributed by atoms with Crippen molar-refractivity contribution in [1.82, 2.24) is 9.97 Å². The first-order valence-electron chi connectivity index (χ1n) is 8.60. The number of hydrogen-bond donors (Lipinski definition) is 2. The molecule has 0 radical (unpaired) electrons. The normalized spacial score (nSPS) is 10.4. The number of aryl methyl sites for hydroxylation is 3. The summed E-state index contributed by atoms with van der Waals surface area (Å²) in [6.45, 7) is 5.73. The standard InChI is InChI=1S/C21H22N4O2/c1-13-9-10-16(14(2)11-13)25-21(26)18-12-20(23-15(3)22-18)24-17-7-5-6-8-19(17)27-4/h5-12H,1-4H3,(H,25,26)(H,22,23,24). The van der Waals surface area contributed by atoms with Gasteiger partial charge in [-0.05, 0) is 44.5 Å². The van der Waals surface area contributed by atoms with Crippen molar-refractivity contribution >= 4 is 23.1 Å². The Labute approximate surface area is 158 Å². The summed E-state index contributed by atoms with van der Waals surface area (Å²) >= 11 is 0. The van der Waals surface area contributed by atoms with E-state index in [2.05, 4.69) is 20.6 Å². The Morgan fingerprint density at radius 1 is 0.963 bits per heavy atom. The second kappa shape index (κ2) is 7.86. The molecule has 2 aromatic carbocycles. The SMILES string of the molecule is COc1ccccc1Nc1cc(C(=O)Nc2ccc(C)cc2C)nc(C)n1. The Bertz CT molecular complexity index is 986. The van der Waals surface area contributed by atoms with Gasteiger partial charge in [-0.25, -0.2) is 9.97 Å². The number of para-hydroxylation sites is 2. The molecule has 6 nitrogen and oxygen atoms in total. The van der Waals surface area contributed by atoms with Gasteiger partial charge in [-0.2, -0.15) is 0 Å². The predicted molar refractivity (Wildman–Crippen MR) is 107 cm³/mol. The lowest BCUT2D eigenvalue weighted by molar-refractivity contribution is 0.102. The van der Waals surface area contributed by atoms with E-state index in [0.717, 1.165) is 22.5 Å². The molecule has 0 saturated carbocycles. The molecule has 0 saturated heterocycles. The van der Waals surface area contributed by atoms with Crippen LogP contribution in [0.25, 0.3) is 0 Å². The highest BCUT2D eigenvalue weighted by Gasteiger charge is 2.13. The summed E-state index contributed by atoms with van der Waals surface area (Å²) in [6, 6.07) is 15.0. The van der Waals surface area contributed by atoms with Crippen LogP contribution in [0.3, 0.4) is 0 Å². The van der Waals surface area contributed by atoms with Gasteiger partial charge in [-0.15, -0.1) is 0 Å². The van der Waals surface area contributed by atoms with Gasteiger partial charge in [-0.3, -0.25) is 4.79 Å². The van der Waals surface area contributed by atoms with Crippen molar-refractivity contribution in [3.8, 4) is 5.75 Å². The number of methoxy groups -OCH3 is 1. The molecule has 1 aromatic heterocycles. The van der Waals surface area contributed by atoms with Crippen molar-refractivity contribution in [3.05, 3.63) is 71.2 Å². The Morgan fingerprint density at radius 3 is 2.48 bits per heavy atom. The third-order valence-corrected chi connectivity index (χ3v) is 4.07. The van der Waals surface area contributed by atoms with Crippen LogP contribution in [0.2, 0.25) is 0 Å². The lowest BCUT2D eigenvalue weighted by atomic mass is 10.1. The van der Waals surface area contributed by atoms with Crippen LogP contribution in [0.15, 0.2) is 48.5 Å². The molecule has 0 unspecified atom stereocenters. The quantitative estimate of drug-likeness (QED) is 0.703. The molecule has 0 spiro atoms. The fraction of sp³-hybridized carbons (Fsp3) is 0.190. The van der Waals surface area contributed by atoms with Gasteiger partial charge in [0.1, 0.15) is 23.1 Å². The fourth-order valence-electron chi connectivity index (χ4n) is 2.77. The van der Waals surface area contributed by atoms with Gasteiger partial charge in [0.25, 0.3) is 5.91 Å². The van der Waals surface area contributed by atoms with Crippen LogP contribution in [0.4, 0.5) is 17.2 Å². The van der Waals surface area contributed by atoms with Gasteiger partial charge < -0.3 is 15.4 Å². The zero-order valence-electron chi connectivity index (χ0n) is 15.8. The van der Waals surface area contributed by atoms with Gasteiger partial charge in [0, 0.05) is 11.8 Å². The van der Waals surface area contributed by atoms with Crippen LogP contribution in [0, 0.1) is 20.8 Å². The van der Waals surface area contributed by atoms with Crippen LogP contribution < -0.4 is 15.4 Å². The molecule has 0 bridgehead atoms. The summed E-state index contributed by atoms with van der Waals surface area (Å²) in [5.74, 6) is 1.43. The Kier molecular flexibility index (Phi) is 5.35. The number of aromatic nitrogens is 2. The van der Waals surface area contributed by atoms with E-state index in [0.29, 0.717) is 23.1 Å². The van der Waals surface area contributed by atoms with Crippen LogP contribution >= 0.6 is 0 Å². The summed E-state index contributed by atoms with van der Waals surface area (Å²) in [7, 11) is 1.61. The van der Waals surface area contributed by atoms with Crippen LogP contribution in [0.5, 0.6) is 5.75 Å². The van der Waals surface area contributed by atoms with Crippen molar-refractivity contribution in [2.24, 2.45) is 0 Å². The minimum Gasteiger partial charge on any atom is -0.495 e. The highest BCUT2D eigenvalue weighted by Crippen LogP contribution is 2.26. The monoisotopic (exact) mass is 362 g/mol. The first-order chi connectivity index (χ1) is 13.0. The van der Waals surface area contributed by atoms with Crippen molar-refractivity contribution in [3.63, 3.8) is 0 Å². The van der Waals surface area contributed by atoms with Gasteiger partial charge in [0.15, 0.2) is 0 Å². The number of carbonyl (C=O) groups is 1. The van der Waals surface area contributed by atoms with Crippen molar-refractivity contribution < 1.29 is 9.53 Å². The smallest absolute Gasteiger partial charge is 0.274 e. The molecule has 6 heteroatoms. The van der Waals surface area contributed by atoms with E-state index in [1.807, 2.05) is 56.3 Å². The van der Waals surface area contributed by atoms with Crippen LogP contribution in [0.1, 0.15) is 27.4 Å². The van der Waals surface area contributed by atoms with E-state index in [1.54, 1.807) is 20.1 Å². The number of nitrogens with one attached hydrogen (secondary N) is 2. The first-order valence-corrected chi connectivity index (χ1v) is 8.60. The topological polar surface area (TPSA) is 76.1 Å². The van der Waals surface area contributed by atoms with Crippen molar-refractivity contribution in [2.75, 3.05) is 17.7 Å². The van der Waals surface area contributed by atoms with E-state index < -0.39 is 0 Å². The first kappa shape index (κ1) is 18.4. The lowest BCUT2D eigenvalue weighted by Gasteiger charge is -2.12. The van der Waals surface area contributed by atoms with Crippen molar-refractivity contribution in [1.29, 1.82) is 0 Å². The zero-order chi connectivity index (χ0) is 19.4. The molecule has 1 heterocycles. The van der Waals surface area contributed by atoms with E-state index >= 15 is 0 Å². The summed E-state index contributed by atoms with van der Waals surface area (Å²) in [5, 5.41) is 6.10. The molecule has 3 rings (SSSR count). The van der Waals surface area contributed by atoms with Crippen LogP contribution in [-0.2, 0) is 0 Å². The van der Waals surface area contributed by atoms with Gasteiger partial charge in [-0.1, -0.05) is 29.8 Å². The lowest BCUT2D eigenvalue weighted by Crippen LogP contribution is -2.16. The summed E-state index contributed by atoms with van der Waals surface area (Å²) in [4.78, 5) is 21.3. The zero-order valence-corrected chi connectivity index (χ0v) is 15.8. The predicted octanol–water partition coefficient (Wildman–Crippen LogP) is 4.41. The number of anilines is 3. The maximum absolute atomic E-state index is 12.7. The molecule has 0 aliphatic heterocycles. The number of ether oxygens (including phenoxy) is 1. The van der Waals surface area contributed by atoms with Gasteiger partial charge in [0.2, 0.25) is 0 Å². The molecular weight excluding hydrogens is 340 g/mol. The summed E-state index contributed by atoms with van der Waals surface area (Å²) in [6.07, 6.45) is 0. The molecule has 2 N–H and O–H groups in total. The minimum atomic E-state index is -0.282. The van der Waals surface area contributed by atoms with Gasteiger partial charge in [0.05, 0.1) is 12.8 Å². The average Bonchev–Trinajstić information content (AvgIpc) is 2.64. The molecule has 0 aliphatic rings. The number of benzene rings is 2. The number of carbonyl (C=O) groups excluding carboxylic acids is 1. The third kappa shape index (κ3) is 4.41. The second-order valence-electron chi connectivity index (χ2n) is 6.28. The van der Waals surface area contributed by atoms with E-state index in [9.17, 15) is 4.79 Å². The molecule has 0 fully saturated rings. The highest BCUT2D eigenvalue weighted by molar-refractivity contribution is 6.03. The van der Waals surface area contributed by atoms with E-state index in [-0.39, 0.29) is 5.91 Å². The number of nitrogens with zero attached hydrogens (tertiary/aromatic N) is 2. The van der Waals surface area contributed by atoms with E-state index in [1.165, 1.54) is 0 Å². The average molecular weight is 362 g/mol. The van der Waals surface area contributed by atoms with Gasteiger partial charge >= 0.3 is 0 Å². The molecule has 27 heavy (non-hydrogen) atoms. The second-order valence-corrected chi connectivity index (χ2v) is 6.28.